The van der Waals surface area contributed by atoms with E-state index in [0.717, 1.165) is 17.1 Å². The number of rotatable bonds is 6. The Labute approximate surface area is 94.2 Å². The van der Waals surface area contributed by atoms with Crippen LogP contribution < -0.4 is 0 Å². The number of hydrogen-bond acceptors (Lipinski definition) is 1. The molecule has 0 saturated heterocycles. The Morgan fingerprint density at radius 3 is 2.29 bits per heavy atom. The van der Waals surface area contributed by atoms with Crippen molar-refractivity contribution in [2.75, 3.05) is 6.26 Å². The zero-order valence-electron chi connectivity index (χ0n) is 10.5. The molecule has 0 aromatic heterocycles. The van der Waals surface area contributed by atoms with Crippen LogP contribution in [-0.4, -0.2) is 11.5 Å². The molecule has 0 aliphatic heterocycles. The van der Waals surface area contributed by atoms with Crippen LogP contribution in [0.2, 0.25) is 0 Å². The number of hydrogen-bond donors (Lipinski definition) is 0. The van der Waals surface area contributed by atoms with Crippen LogP contribution in [0.15, 0.2) is 0 Å². The highest BCUT2D eigenvalue weighted by Gasteiger charge is 2.32. The smallest absolute Gasteiger partial charge is 0.00211 e. The maximum Gasteiger partial charge on any atom is 0.00211 e. The molecule has 1 aliphatic carbocycles. The van der Waals surface area contributed by atoms with Gasteiger partial charge >= 0.3 is 0 Å². The zero-order chi connectivity index (χ0) is 10.8. The van der Waals surface area contributed by atoms with Gasteiger partial charge in [0, 0.05) is 5.25 Å². The molecule has 84 valence electrons. The van der Waals surface area contributed by atoms with Crippen molar-refractivity contribution >= 4 is 11.8 Å². The second-order valence-corrected chi connectivity index (χ2v) is 7.10. The molecular weight excluding hydrogens is 188 g/mol. The average molecular weight is 214 g/mol. The molecule has 0 bridgehead atoms. The highest BCUT2D eigenvalue weighted by molar-refractivity contribution is 7.99. The first-order valence-corrected chi connectivity index (χ1v) is 7.27. The monoisotopic (exact) mass is 214 g/mol. The minimum absolute atomic E-state index is 0.533. The summed E-state index contributed by atoms with van der Waals surface area (Å²) in [5.74, 6) is 1.97. The van der Waals surface area contributed by atoms with E-state index < -0.39 is 0 Å². The first-order chi connectivity index (χ1) is 6.45. The highest BCUT2D eigenvalue weighted by atomic mass is 32.2. The van der Waals surface area contributed by atoms with Crippen LogP contribution in [-0.2, 0) is 0 Å². The Kier molecular flexibility index (Phi) is 4.36. The van der Waals surface area contributed by atoms with Gasteiger partial charge in [0.05, 0.1) is 0 Å². The molecule has 0 aromatic carbocycles. The van der Waals surface area contributed by atoms with Crippen LogP contribution in [0.5, 0.6) is 0 Å². The minimum Gasteiger partial charge on any atom is -0.162 e. The summed E-state index contributed by atoms with van der Waals surface area (Å²) >= 11 is 2.00. The van der Waals surface area contributed by atoms with Crippen molar-refractivity contribution in [1.82, 2.24) is 0 Å². The van der Waals surface area contributed by atoms with Crippen LogP contribution in [0.1, 0.15) is 53.4 Å². The first-order valence-electron chi connectivity index (χ1n) is 5.98. The summed E-state index contributed by atoms with van der Waals surface area (Å²) in [4.78, 5) is 0. The summed E-state index contributed by atoms with van der Waals surface area (Å²) in [5.41, 5.74) is 0.533. The van der Waals surface area contributed by atoms with Crippen molar-refractivity contribution in [3.8, 4) is 0 Å². The Morgan fingerprint density at radius 2 is 1.86 bits per heavy atom. The van der Waals surface area contributed by atoms with E-state index in [9.17, 15) is 0 Å². The molecular formula is C13H26S. The van der Waals surface area contributed by atoms with Crippen molar-refractivity contribution < 1.29 is 0 Å². The van der Waals surface area contributed by atoms with Gasteiger partial charge in [-0.2, -0.15) is 11.8 Å². The normalized spacial score (nSPS) is 22.1. The largest absolute Gasteiger partial charge is 0.162 e. The van der Waals surface area contributed by atoms with Crippen LogP contribution in [0.4, 0.5) is 0 Å². The predicted molar refractivity (Wildman–Crippen MR) is 67.9 cm³/mol. The van der Waals surface area contributed by atoms with Crippen molar-refractivity contribution in [2.24, 2.45) is 17.3 Å². The number of thioether (sulfide) groups is 1. The van der Waals surface area contributed by atoms with E-state index in [1.807, 2.05) is 11.8 Å². The van der Waals surface area contributed by atoms with Gasteiger partial charge in [-0.05, 0) is 36.3 Å². The van der Waals surface area contributed by atoms with Crippen molar-refractivity contribution in [1.29, 1.82) is 0 Å². The Morgan fingerprint density at radius 1 is 1.29 bits per heavy atom. The van der Waals surface area contributed by atoms with E-state index in [1.54, 1.807) is 0 Å². The van der Waals surface area contributed by atoms with Gasteiger partial charge < -0.3 is 0 Å². The van der Waals surface area contributed by atoms with Crippen LogP contribution >= 0.6 is 11.8 Å². The third kappa shape index (κ3) is 3.84. The van der Waals surface area contributed by atoms with E-state index in [1.165, 1.54) is 25.7 Å². The highest BCUT2D eigenvalue weighted by Crippen LogP contribution is 2.43. The van der Waals surface area contributed by atoms with Crippen molar-refractivity contribution in [3.05, 3.63) is 0 Å². The third-order valence-corrected chi connectivity index (χ3v) is 4.91. The Hall–Kier alpha value is 0.350. The Balaban J connectivity index is 2.36. The van der Waals surface area contributed by atoms with Crippen LogP contribution in [0.3, 0.4) is 0 Å². The second kappa shape index (κ2) is 4.92. The summed E-state index contributed by atoms with van der Waals surface area (Å²) < 4.78 is 0. The maximum atomic E-state index is 2.45. The summed E-state index contributed by atoms with van der Waals surface area (Å²) in [6, 6.07) is 0. The van der Waals surface area contributed by atoms with Crippen molar-refractivity contribution in [2.45, 2.75) is 58.6 Å². The fourth-order valence-electron chi connectivity index (χ4n) is 2.20. The molecule has 14 heavy (non-hydrogen) atoms. The Bertz CT molecular complexity index is 170. The summed E-state index contributed by atoms with van der Waals surface area (Å²) in [7, 11) is 0. The summed E-state index contributed by atoms with van der Waals surface area (Å²) in [6.07, 6.45) is 8.06. The van der Waals surface area contributed by atoms with Gasteiger partial charge in [0.1, 0.15) is 0 Å². The van der Waals surface area contributed by atoms with Gasteiger partial charge in [-0.25, -0.2) is 0 Å². The fraction of sp³-hybridized carbons (Fsp3) is 1.00. The van der Waals surface area contributed by atoms with Crippen LogP contribution in [0.25, 0.3) is 0 Å². The van der Waals surface area contributed by atoms with Gasteiger partial charge in [0.25, 0.3) is 0 Å². The van der Waals surface area contributed by atoms with Gasteiger partial charge in [0.2, 0.25) is 0 Å². The molecule has 1 aliphatic rings. The second-order valence-electron chi connectivity index (χ2n) is 5.82. The molecule has 0 amide bonds. The lowest BCUT2D eigenvalue weighted by molar-refractivity contribution is 0.194. The standard InChI is InChI=1S/C13H26S/c1-10(8-12-6-7-12)13(3,4)9-11(2)14-5/h10-12H,6-9H2,1-5H3. The molecule has 1 saturated carbocycles. The zero-order valence-corrected chi connectivity index (χ0v) is 11.3. The molecule has 0 radical (unpaired) electrons. The van der Waals surface area contributed by atoms with Gasteiger partial charge in [0.15, 0.2) is 0 Å². The molecule has 1 rings (SSSR count). The summed E-state index contributed by atoms with van der Waals surface area (Å²) in [6.45, 7) is 9.71. The molecule has 0 aromatic rings. The lowest BCUT2D eigenvalue weighted by Crippen LogP contribution is -2.25. The van der Waals surface area contributed by atoms with Gasteiger partial charge in [-0.3, -0.25) is 0 Å². The first kappa shape index (κ1) is 12.4. The van der Waals surface area contributed by atoms with Gasteiger partial charge in [-0.15, -0.1) is 0 Å². The third-order valence-electron chi connectivity index (χ3n) is 3.93. The molecule has 2 atom stereocenters. The van der Waals surface area contributed by atoms with Gasteiger partial charge in [-0.1, -0.05) is 40.5 Å². The van der Waals surface area contributed by atoms with Crippen LogP contribution in [0, 0.1) is 17.3 Å². The molecule has 1 fully saturated rings. The lowest BCUT2D eigenvalue weighted by atomic mass is 9.74. The maximum absolute atomic E-state index is 2.45. The fourth-order valence-corrected chi connectivity index (χ4v) is 2.79. The molecule has 0 N–H and O–H groups in total. The predicted octanol–water partition coefficient (Wildman–Crippen LogP) is 4.59. The molecule has 2 unspecified atom stereocenters. The quantitative estimate of drug-likeness (QED) is 0.623. The van der Waals surface area contributed by atoms with E-state index in [0.29, 0.717) is 5.41 Å². The average Bonchev–Trinajstić information content (AvgIpc) is 2.87. The topological polar surface area (TPSA) is 0 Å². The molecule has 0 nitrogen and oxygen atoms in total. The summed E-state index contributed by atoms with van der Waals surface area (Å²) in [5, 5.41) is 0.812. The lowest BCUT2D eigenvalue weighted by Gasteiger charge is -2.34. The SMILES string of the molecule is CSC(C)CC(C)(C)C(C)CC1CC1. The van der Waals surface area contributed by atoms with Crippen molar-refractivity contribution in [3.63, 3.8) is 0 Å². The van der Waals surface area contributed by atoms with E-state index >= 15 is 0 Å². The van der Waals surface area contributed by atoms with E-state index in [2.05, 4.69) is 34.0 Å². The van der Waals surface area contributed by atoms with E-state index in [4.69, 9.17) is 0 Å². The molecule has 1 heteroatoms. The minimum atomic E-state index is 0.533. The van der Waals surface area contributed by atoms with E-state index in [-0.39, 0.29) is 0 Å². The molecule has 0 heterocycles. The molecule has 0 spiro atoms.